The Hall–Kier alpha value is -2.67. The van der Waals surface area contributed by atoms with Gasteiger partial charge in [-0.1, -0.05) is 13.0 Å². The Labute approximate surface area is 122 Å². The van der Waals surface area contributed by atoms with Gasteiger partial charge in [0.05, 0.1) is 18.4 Å². The van der Waals surface area contributed by atoms with Crippen LogP contribution >= 0.6 is 0 Å². The first kappa shape index (κ1) is 13.3. The van der Waals surface area contributed by atoms with Crippen LogP contribution in [-0.2, 0) is 13.0 Å². The summed E-state index contributed by atoms with van der Waals surface area (Å²) in [5, 5.41) is 3.29. The molecular formula is C14H17N7. The fourth-order valence-corrected chi connectivity index (χ4v) is 2.24. The molecule has 0 unspecified atom stereocenters. The molecule has 0 aliphatic rings. The molecular weight excluding hydrogens is 266 g/mol. The summed E-state index contributed by atoms with van der Waals surface area (Å²) in [6, 6.07) is 4.03. The van der Waals surface area contributed by atoms with Crippen LogP contribution in [0.5, 0.6) is 0 Å². The normalized spacial score (nSPS) is 10.8. The molecule has 0 bridgehead atoms. The van der Waals surface area contributed by atoms with E-state index >= 15 is 0 Å². The van der Waals surface area contributed by atoms with Crippen molar-refractivity contribution in [3.05, 3.63) is 48.2 Å². The number of pyridine rings is 1. The minimum Gasteiger partial charge on any atom is -0.361 e. The number of nitrogens with zero attached hydrogens (tertiary/aromatic N) is 4. The molecule has 0 aliphatic heterocycles. The maximum absolute atomic E-state index is 5.45. The number of nitrogen functional groups attached to an aromatic ring is 1. The number of aromatic nitrogens is 4. The summed E-state index contributed by atoms with van der Waals surface area (Å²) in [5.74, 6) is 6.68. The maximum atomic E-state index is 5.45. The van der Waals surface area contributed by atoms with Gasteiger partial charge in [0, 0.05) is 18.6 Å². The van der Waals surface area contributed by atoms with Crippen molar-refractivity contribution in [1.82, 2.24) is 19.4 Å². The first-order valence-corrected chi connectivity index (χ1v) is 6.78. The Morgan fingerprint density at radius 3 is 3.00 bits per heavy atom. The average molecular weight is 283 g/mol. The number of hydrazine groups is 1. The summed E-state index contributed by atoms with van der Waals surface area (Å²) in [6.07, 6.45) is 8.10. The van der Waals surface area contributed by atoms with Crippen LogP contribution in [0.4, 0.5) is 11.6 Å². The van der Waals surface area contributed by atoms with Gasteiger partial charge in [0.2, 0.25) is 0 Å². The van der Waals surface area contributed by atoms with Crippen LogP contribution in [-0.4, -0.2) is 19.4 Å². The first-order valence-electron chi connectivity index (χ1n) is 6.78. The Morgan fingerprint density at radius 2 is 2.19 bits per heavy atom. The summed E-state index contributed by atoms with van der Waals surface area (Å²) in [5.41, 5.74) is 5.54. The Morgan fingerprint density at radius 1 is 1.29 bits per heavy atom. The topological polar surface area (TPSA) is 93.2 Å². The zero-order valence-electron chi connectivity index (χ0n) is 11.7. The van der Waals surface area contributed by atoms with Crippen molar-refractivity contribution in [3.8, 4) is 0 Å². The van der Waals surface area contributed by atoms with Crippen LogP contribution in [0.25, 0.3) is 5.65 Å². The second-order valence-corrected chi connectivity index (χ2v) is 4.59. The van der Waals surface area contributed by atoms with Crippen LogP contribution in [0, 0.1) is 0 Å². The number of hydrogen-bond acceptors (Lipinski definition) is 6. The molecule has 0 aliphatic carbocycles. The molecule has 3 rings (SSSR count). The van der Waals surface area contributed by atoms with Crippen molar-refractivity contribution in [2.45, 2.75) is 19.9 Å². The number of rotatable bonds is 5. The molecule has 3 heterocycles. The van der Waals surface area contributed by atoms with E-state index in [0.717, 1.165) is 17.8 Å². The fourth-order valence-electron chi connectivity index (χ4n) is 2.24. The van der Waals surface area contributed by atoms with Crippen molar-refractivity contribution in [3.63, 3.8) is 0 Å². The van der Waals surface area contributed by atoms with E-state index in [9.17, 15) is 0 Å². The van der Waals surface area contributed by atoms with Gasteiger partial charge in [-0.25, -0.2) is 15.8 Å². The van der Waals surface area contributed by atoms with E-state index in [-0.39, 0.29) is 0 Å². The zero-order chi connectivity index (χ0) is 14.7. The second kappa shape index (κ2) is 5.76. The third-order valence-electron chi connectivity index (χ3n) is 3.31. The summed E-state index contributed by atoms with van der Waals surface area (Å²) in [4.78, 5) is 13.1. The molecule has 7 nitrogen and oxygen atoms in total. The molecule has 3 aromatic rings. The number of hydrogen-bond donors (Lipinski definition) is 3. The smallest absolute Gasteiger partial charge is 0.180 e. The highest BCUT2D eigenvalue weighted by molar-refractivity contribution is 5.65. The molecule has 0 aromatic carbocycles. The Kier molecular flexibility index (Phi) is 3.65. The molecule has 21 heavy (non-hydrogen) atoms. The molecule has 7 heteroatoms. The molecule has 0 saturated carbocycles. The summed E-state index contributed by atoms with van der Waals surface area (Å²) < 4.78 is 1.86. The number of nitrogens with two attached hydrogens (primary N) is 1. The van der Waals surface area contributed by atoms with E-state index in [2.05, 4.69) is 38.7 Å². The summed E-state index contributed by atoms with van der Waals surface area (Å²) in [6.45, 7) is 2.71. The van der Waals surface area contributed by atoms with Crippen molar-refractivity contribution >= 4 is 17.3 Å². The largest absolute Gasteiger partial charge is 0.361 e. The van der Waals surface area contributed by atoms with Crippen LogP contribution in [0.1, 0.15) is 18.2 Å². The molecule has 0 amide bonds. The van der Waals surface area contributed by atoms with Gasteiger partial charge in [0.25, 0.3) is 0 Å². The third kappa shape index (κ3) is 2.63. The molecule has 4 N–H and O–H groups in total. The van der Waals surface area contributed by atoms with Gasteiger partial charge in [-0.3, -0.25) is 4.98 Å². The molecule has 0 fully saturated rings. The van der Waals surface area contributed by atoms with Crippen LogP contribution in [0.2, 0.25) is 0 Å². The molecule has 0 saturated heterocycles. The number of anilines is 2. The van der Waals surface area contributed by atoms with E-state index in [1.54, 1.807) is 18.6 Å². The lowest BCUT2D eigenvalue weighted by molar-refractivity contribution is 0.961. The summed E-state index contributed by atoms with van der Waals surface area (Å²) in [7, 11) is 0. The van der Waals surface area contributed by atoms with Crippen molar-refractivity contribution in [1.29, 1.82) is 0 Å². The number of fused-ring (bicyclic) bond motifs is 1. The van der Waals surface area contributed by atoms with Crippen LogP contribution in [0.15, 0.2) is 36.9 Å². The van der Waals surface area contributed by atoms with Gasteiger partial charge >= 0.3 is 0 Å². The van der Waals surface area contributed by atoms with Gasteiger partial charge in [-0.2, -0.15) is 0 Å². The lowest BCUT2D eigenvalue weighted by Gasteiger charge is -2.11. The molecule has 108 valence electrons. The Balaban J connectivity index is 1.89. The van der Waals surface area contributed by atoms with Gasteiger partial charge in [0.15, 0.2) is 17.3 Å². The monoisotopic (exact) mass is 283 g/mol. The molecule has 0 atom stereocenters. The van der Waals surface area contributed by atoms with Crippen molar-refractivity contribution in [2.24, 2.45) is 5.84 Å². The lowest BCUT2D eigenvalue weighted by atomic mass is 10.1. The van der Waals surface area contributed by atoms with Crippen molar-refractivity contribution in [2.75, 3.05) is 10.7 Å². The third-order valence-corrected chi connectivity index (χ3v) is 3.31. The highest BCUT2D eigenvalue weighted by Crippen LogP contribution is 2.17. The standard InChI is InChI=1S/C14H17N7/c1-2-10-4-3-5-16-11(10)8-18-13-14-17-6-7-21(14)9-12(19-13)20-15/h3-7,9,20H,2,8,15H2,1H3,(H,18,19). The van der Waals surface area contributed by atoms with Gasteiger partial charge in [0.1, 0.15) is 0 Å². The Bertz CT molecular complexity index is 750. The predicted molar refractivity (Wildman–Crippen MR) is 81.7 cm³/mol. The minimum absolute atomic E-state index is 0.569. The second-order valence-electron chi connectivity index (χ2n) is 4.59. The maximum Gasteiger partial charge on any atom is 0.180 e. The van der Waals surface area contributed by atoms with E-state index in [1.807, 2.05) is 16.7 Å². The predicted octanol–water partition coefficient (Wildman–Crippen LogP) is 1.58. The SMILES string of the molecule is CCc1cccnc1CNc1nc(NN)cn2ccnc12. The quantitative estimate of drug-likeness (QED) is 0.486. The van der Waals surface area contributed by atoms with E-state index in [0.29, 0.717) is 18.2 Å². The highest BCUT2D eigenvalue weighted by atomic mass is 15.3. The van der Waals surface area contributed by atoms with Gasteiger partial charge in [-0.05, 0) is 18.1 Å². The van der Waals surface area contributed by atoms with E-state index < -0.39 is 0 Å². The fraction of sp³-hybridized carbons (Fsp3) is 0.214. The molecule has 0 radical (unpaired) electrons. The summed E-state index contributed by atoms with van der Waals surface area (Å²) >= 11 is 0. The van der Waals surface area contributed by atoms with E-state index in [4.69, 9.17) is 5.84 Å². The number of nitrogens with one attached hydrogen (secondary N) is 2. The average Bonchev–Trinajstić information content (AvgIpc) is 3.01. The molecule has 3 aromatic heterocycles. The highest BCUT2D eigenvalue weighted by Gasteiger charge is 2.08. The minimum atomic E-state index is 0.569. The number of imidazole rings is 1. The first-order chi connectivity index (χ1) is 10.3. The lowest BCUT2D eigenvalue weighted by Crippen LogP contribution is -2.12. The number of aryl methyl sites for hydroxylation is 1. The zero-order valence-corrected chi connectivity index (χ0v) is 11.7. The van der Waals surface area contributed by atoms with Crippen LogP contribution in [0.3, 0.4) is 0 Å². The van der Waals surface area contributed by atoms with E-state index in [1.165, 1.54) is 5.56 Å². The molecule has 0 spiro atoms. The van der Waals surface area contributed by atoms with Gasteiger partial charge < -0.3 is 15.1 Å². The van der Waals surface area contributed by atoms with Crippen LogP contribution < -0.4 is 16.6 Å². The van der Waals surface area contributed by atoms with Gasteiger partial charge in [-0.15, -0.1) is 0 Å². The van der Waals surface area contributed by atoms with Crippen molar-refractivity contribution < 1.29 is 0 Å².